The van der Waals surface area contributed by atoms with Gasteiger partial charge in [-0.1, -0.05) is 6.42 Å². The van der Waals surface area contributed by atoms with Crippen molar-refractivity contribution in [3.8, 4) is 0 Å². The minimum absolute atomic E-state index is 0.191. The van der Waals surface area contributed by atoms with E-state index in [0.717, 1.165) is 0 Å². The third-order valence-corrected chi connectivity index (χ3v) is 7.45. The van der Waals surface area contributed by atoms with E-state index in [4.69, 9.17) is 0 Å². The molecule has 0 amide bonds. The van der Waals surface area contributed by atoms with Gasteiger partial charge >= 0.3 is 0 Å². The first kappa shape index (κ1) is 16.6. The number of aliphatic hydroxyl groups is 1. The molecule has 0 spiro atoms. The Hall–Kier alpha value is -1.22. The van der Waals surface area contributed by atoms with Crippen LogP contribution >= 0.6 is 0 Å². The predicted molar refractivity (Wildman–Crippen MR) is 69.7 cm³/mol. The Morgan fingerprint density at radius 2 is 1.22 bits per heavy atom. The molecule has 0 saturated carbocycles. The second-order valence-corrected chi connectivity index (χ2v) is 8.66. The zero-order chi connectivity index (χ0) is 17.2. The Bertz CT molecular complexity index is 728. The highest BCUT2D eigenvalue weighted by molar-refractivity contribution is 7.92. The highest BCUT2D eigenvalue weighted by atomic mass is 32.2. The molecule has 128 valence electrons. The monoisotopic (exact) mass is 356 g/mol. The zero-order valence-electron chi connectivity index (χ0n) is 11.8. The molecule has 2 atom stereocenters. The van der Waals surface area contributed by atoms with Crippen LogP contribution in [-0.2, 0) is 15.4 Å². The molecular weight excluding hydrogens is 343 g/mol. The first-order valence-corrected chi connectivity index (χ1v) is 8.67. The molecule has 1 N–H and O–H groups in total. The molecule has 2 heterocycles. The molecule has 2 bridgehead atoms. The molecule has 2 fully saturated rings. The van der Waals surface area contributed by atoms with Crippen molar-refractivity contribution >= 4 is 9.84 Å². The lowest BCUT2D eigenvalue weighted by atomic mass is 9.80. The van der Waals surface area contributed by atoms with Crippen LogP contribution in [0.1, 0.15) is 37.7 Å². The molecule has 9 heteroatoms. The molecule has 2 unspecified atom stereocenters. The fourth-order valence-corrected chi connectivity index (χ4v) is 6.22. The fraction of sp³-hybridized carbons (Fsp3) is 0.571. The molecule has 1 aromatic rings. The van der Waals surface area contributed by atoms with Gasteiger partial charge in [-0.3, -0.25) is 0 Å². The lowest BCUT2D eigenvalue weighted by Crippen LogP contribution is -2.51. The summed E-state index contributed by atoms with van der Waals surface area (Å²) >= 11 is 0. The van der Waals surface area contributed by atoms with Crippen LogP contribution in [0.4, 0.5) is 22.0 Å². The van der Waals surface area contributed by atoms with Gasteiger partial charge in [-0.2, -0.15) is 0 Å². The molecule has 2 aliphatic rings. The smallest absolute Gasteiger partial charge is 0.200 e. The summed E-state index contributed by atoms with van der Waals surface area (Å²) in [7, 11) is -3.57. The van der Waals surface area contributed by atoms with Gasteiger partial charge in [0.1, 0.15) is 0 Å². The van der Waals surface area contributed by atoms with Crippen molar-refractivity contribution in [1.82, 2.24) is 0 Å². The maximum Gasteiger partial charge on any atom is 0.200 e. The first-order valence-electron chi connectivity index (χ1n) is 7.06. The van der Waals surface area contributed by atoms with E-state index in [9.17, 15) is 35.5 Å². The van der Waals surface area contributed by atoms with Crippen molar-refractivity contribution < 1.29 is 35.5 Å². The third kappa shape index (κ3) is 2.27. The Kier molecular flexibility index (Phi) is 3.72. The van der Waals surface area contributed by atoms with Gasteiger partial charge < -0.3 is 5.11 Å². The van der Waals surface area contributed by atoms with E-state index >= 15 is 0 Å². The van der Waals surface area contributed by atoms with Gasteiger partial charge in [0.2, 0.25) is 5.82 Å². The minimum Gasteiger partial charge on any atom is -0.385 e. The Labute approximate surface area is 129 Å². The van der Waals surface area contributed by atoms with Crippen LogP contribution < -0.4 is 0 Å². The van der Waals surface area contributed by atoms with Gasteiger partial charge in [0.05, 0.1) is 21.7 Å². The molecule has 0 radical (unpaired) electrons. The molecule has 1 aromatic carbocycles. The summed E-state index contributed by atoms with van der Waals surface area (Å²) < 4.78 is 92.2. The van der Waals surface area contributed by atoms with Gasteiger partial charge in [0.25, 0.3) is 0 Å². The Morgan fingerprint density at radius 1 is 0.826 bits per heavy atom. The van der Waals surface area contributed by atoms with E-state index in [2.05, 4.69) is 0 Å². The van der Waals surface area contributed by atoms with E-state index in [1.807, 2.05) is 0 Å². The topological polar surface area (TPSA) is 54.4 Å². The van der Waals surface area contributed by atoms with E-state index in [1.54, 1.807) is 0 Å². The maximum absolute atomic E-state index is 14.0. The van der Waals surface area contributed by atoms with Crippen LogP contribution in [0, 0.1) is 29.1 Å². The normalized spacial score (nSPS) is 32.8. The number of sulfone groups is 1. The summed E-state index contributed by atoms with van der Waals surface area (Å²) in [5.74, 6) is -10.8. The van der Waals surface area contributed by atoms with E-state index in [-0.39, 0.29) is 12.8 Å². The summed E-state index contributed by atoms with van der Waals surface area (Å²) in [6, 6.07) is 0. The fourth-order valence-electron chi connectivity index (χ4n) is 3.66. The predicted octanol–water partition coefficient (Wildman–Crippen LogP) is 2.70. The van der Waals surface area contributed by atoms with Crippen molar-refractivity contribution in [2.45, 2.75) is 48.2 Å². The van der Waals surface area contributed by atoms with Crippen LogP contribution in [0.2, 0.25) is 0 Å². The zero-order valence-corrected chi connectivity index (χ0v) is 12.6. The van der Waals surface area contributed by atoms with Crippen molar-refractivity contribution in [2.24, 2.45) is 0 Å². The number of hydrogen-bond donors (Lipinski definition) is 1. The Balaban J connectivity index is 2.16. The molecule has 2 aliphatic heterocycles. The summed E-state index contributed by atoms with van der Waals surface area (Å²) in [5, 5.41) is 8.49. The minimum atomic E-state index is -3.57. The third-order valence-electron chi connectivity index (χ3n) is 4.79. The van der Waals surface area contributed by atoms with Crippen LogP contribution in [-0.4, -0.2) is 24.0 Å². The quantitative estimate of drug-likeness (QED) is 0.478. The average molecular weight is 356 g/mol. The molecule has 23 heavy (non-hydrogen) atoms. The van der Waals surface area contributed by atoms with Gasteiger partial charge in [-0.25, -0.2) is 30.4 Å². The second kappa shape index (κ2) is 5.14. The van der Waals surface area contributed by atoms with Gasteiger partial charge in [-0.15, -0.1) is 0 Å². The van der Waals surface area contributed by atoms with Crippen LogP contribution in [0.25, 0.3) is 0 Å². The van der Waals surface area contributed by atoms with Crippen LogP contribution in [0.15, 0.2) is 0 Å². The maximum atomic E-state index is 14.0. The van der Waals surface area contributed by atoms with E-state index < -0.39 is 73.4 Å². The highest BCUT2D eigenvalue weighted by Gasteiger charge is 2.53. The number of benzene rings is 1. The largest absolute Gasteiger partial charge is 0.385 e. The lowest BCUT2D eigenvalue weighted by Gasteiger charge is -2.44. The van der Waals surface area contributed by atoms with Gasteiger partial charge in [0.15, 0.2) is 33.1 Å². The van der Waals surface area contributed by atoms with Crippen molar-refractivity contribution in [3.05, 3.63) is 34.6 Å². The first-order chi connectivity index (χ1) is 10.6. The number of hydrogen-bond acceptors (Lipinski definition) is 3. The van der Waals surface area contributed by atoms with Crippen molar-refractivity contribution in [2.75, 3.05) is 0 Å². The second-order valence-electron chi connectivity index (χ2n) is 6.15. The molecule has 0 aliphatic carbocycles. The van der Waals surface area contributed by atoms with Crippen molar-refractivity contribution in [3.63, 3.8) is 0 Å². The lowest BCUT2D eigenvalue weighted by molar-refractivity contribution is -0.00310. The molecule has 3 nitrogen and oxygen atoms in total. The average Bonchev–Trinajstić information content (AvgIpc) is 2.45. The summed E-state index contributed by atoms with van der Waals surface area (Å²) in [6.45, 7) is 0. The SMILES string of the molecule is O=S1(=O)C2CCCC1CC(O)(c1c(F)c(F)c(F)c(F)c1F)C2. The van der Waals surface area contributed by atoms with Gasteiger partial charge in [-0.05, 0) is 25.7 Å². The van der Waals surface area contributed by atoms with Crippen LogP contribution in [0.3, 0.4) is 0 Å². The van der Waals surface area contributed by atoms with E-state index in [1.165, 1.54) is 0 Å². The number of fused-ring (bicyclic) bond motifs is 2. The van der Waals surface area contributed by atoms with Crippen molar-refractivity contribution in [1.29, 1.82) is 0 Å². The molecule has 2 saturated heterocycles. The number of halogens is 5. The molecular formula is C14H13F5O3S. The summed E-state index contributed by atoms with van der Waals surface area (Å²) in [4.78, 5) is 0. The number of rotatable bonds is 1. The summed E-state index contributed by atoms with van der Waals surface area (Å²) in [6.07, 6.45) is -0.205. The standard InChI is InChI=1S/C14H13F5O3S/c15-9-8(10(16)12(18)13(19)11(9)17)14(20)4-6-2-1-3-7(5-14)23(6,21)22/h6-7,20H,1-5H2. The highest BCUT2D eigenvalue weighted by Crippen LogP contribution is 2.47. The summed E-state index contributed by atoms with van der Waals surface area (Å²) in [5.41, 5.74) is -3.73. The molecule has 0 aromatic heterocycles. The van der Waals surface area contributed by atoms with Crippen LogP contribution in [0.5, 0.6) is 0 Å². The van der Waals surface area contributed by atoms with Gasteiger partial charge in [0, 0.05) is 0 Å². The Morgan fingerprint density at radius 3 is 1.65 bits per heavy atom. The van der Waals surface area contributed by atoms with E-state index in [0.29, 0.717) is 6.42 Å². The molecule has 3 rings (SSSR count).